The van der Waals surface area contributed by atoms with E-state index in [1.807, 2.05) is 27.7 Å². The fourth-order valence-corrected chi connectivity index (χ4v) is 8.54. The Labute approximate surface area is 212 Å². The van der Waals surface area contributed by atoms with Crippen molar-refractivity contribution in [3.63, 3.8) is 0 Å². The van der Waals surface area contributed by atoms with Crippen molar-refractivity contribution in [2.24, 2.45) is 0 Å². The molecule has 0 bridgehead atoms. The highest BCUT2D eigenvalue weighted by Crippen LogP contribution is 2.39. The van der Waals surface area contributed by atoms with Gasteiger partial charge >= 0.3 is 0 Å². The molecule has 1 aliphatic carbocycles. The number of rotatable bonds is 4. The Bertz CT molecular complexity index is 1310. The van der Waals surface area contributed by atoms with Crippen LogP contribution >= 0.6 is 0 Å². The summed E-state index contributed by atoms with van der Waals surface area (Å²) in [4.78, 5) is 13.4. The van der Waals surface area contributed by atoms with Gasteiger partial charge in [0.2, 0.25) is 20.0 Å². The number of ether oxygens (including phenoxy) is 2. The van der Waals surface area contributed by atoms with E-state index in [1.165, 1.54) is 32.9 Å². The van der Waals surface area contributed by atoms with Gasteiger partial charge in [-0.3, -0.25) is 4.79 Å². The third-order valence-electron chi connectivity index (χ3n) is 6.81. The zero-order valence-corrected chi connectivity index (χ0v) is 22.3. The van der Waals surface area contributed by atoms with E-state index in [4.69, 9.17) is 9.47 Å². The van der Waals surface area contributed by atoms with Crippen molar-refractivity contribution < 1.29 is 31.1 Å². The summed E-state index contributed by atoms with van der Waals surface area (Å²) in [6, 6.07) is 9.05. The molecule has 0 radical (unpaired) electrons. The predicted octanol–water partition coefficient (Wildman–Crippen LogP) is 2.49. The highest BCUT2D eigenvalue weighted by molar-refractivity contribution is 7.89. The summed E-state index contributed by atoms with van der Waals surface area (Å²) in [5.74, 6) is -0.387. The largest absolute Gasteiger partial charge is 0.373 e. The zero-order chi connectivity index (χ0) is 26.0. The maximum absolute atomic E-state index is 13.4. The smallest absolute Gasteiger partial charge is 0.243 e. The van der Waals surface area contributed by atoms with E-state index in [0.717, 1.165) is 0 Å². The van der Waals surface area contributed by atoms with Gasteiger partial charge < -0.3 is 9.47 Å². The van der Waals surface area contributed by atoms with Gasteiger partial charge in [-0.05, 0) is 63.1 Å². The fraction of sp³-hybridized carbons (Fsp3) is 0.480. The first-order valence-electron chi connectivity index (χ1n) is 12.0. The second-order valence-electron chi connectivity index (χ2n) is 9.90. The molecule has 5 rings (SSSR count). The summed E-state index contributed by atoms with van der Waals surface area (Å²) in [6.07, 6.45) is -0.938. The minimum atomic E-state index is -3.83. The molecule has 3 aliphatic rings. The lowest BCUT2D eigenvalue weighted by molar-refractivity contribution is -0.0442. The molecule has 9 nitrogen and oxygen atoms in total. The average Bonchev–Trinajstić information content (AvgIpc) is 3.09. The molecule has 2 aliphatic heterocycles. The summed E-state index contributed by atoms with van der Waals surface area (Å²) in [7, 11) is -7.66. The Kier molecular flexibility index (Phi) is 6.37. The van der Waals surface area contributed by atoms with Crippen LogP contribution in [0, 0.1) is 0 Å². The summed E-state index contributed by atoms with van der Waals surface area (Å²) in [6.45, 7) is 8.23. The first-order chi connectivity index (χ1) is 16.9. The second kappa shape index (κ2) is 9.00. The van der Waals surface area contributed by atoms with Gasteiger partial charge in [-0.25, -0.2) is 16.8 Å². The molecule has 2 saturated heterocycles. The van der Waals surface area contributed by atoms with E-state index in [1.54, 1.807) is 12.1 Å². The molecular formula is C25H30N2O7S2. The molecule has 0 unspecified atom stereocenters. The number of hydrogen-bond acceptors (Lipinski definition) is 7. The number of morpholine rings is 2. The van der Waals surface area contributed by atoms with E-state index < -0.39 is 20.0 Å². The van der Waals surface area contributed by atoms with Crippen LogP contribution in [-0.4, -0.2) is 81.8 Å². The summed E-state index contributed by atoms with van der Waals surface area (Å²) < 4.78 is 67.4. The molecule has 4 atom stereocenters. The first-order valence-corrected chi connectivity index (χ1v) is 14.9. The molecule has 2 aromatic carbocycles. The van der Waals surface area contributed by atoms with E-state index >= 15 is 0 Å². The molecule has 36 heavy (non-hydrogen) atoms. The van der Waals surface area contributed by atoms with Gasteiger partial charge in [0.1, 0.15) is 0 Å². The van der Waals surface area contributed by atoms with Crippen LogP contribution in [0.1, 0.15) is 43.6 Å². The van der Waals surface area contributed by atoms with Gasteiger partial charge in [0, 0.05) is 37.3 Å². The highest BCUT2D eigenvalue weighted by Gasteiger charge is 2.37. The third kappa shape index (κ3) is 4.31. The van der Waals surface area contributed by atoms with Crippen molar-refractivity contribution >= 4 is 25.8 Å². The molecule has 0 spiro atoms. The first kappa shape index (κ1) is 25.5. The summed E-state index contributed by atoms with van der Waals surface area (Å²) in [5, 5.41) is 0. The number of sulfonamides is 2. The lowest BCUT2D eigenvalue weighted by atomic mass is 10.1. The standard InChI is InChI=1S/C25H30N2O7S2/c1-15-11-26(12-16(2)33-15)35(29,30)19-5-7-21-22-8-6-20(10-24(22)25(28)23(21)9-19)36(31,32)27-13-17(3)34-18(4)14-27/h5-10,15-18H,11-14H2,1-4H3/t15-,16-,17+,18+. The Hall–Kier alpha value is -2.15. The molecule has 0 amide bonds. The van der Waals surface area contributed by atoms with Crippen LogP contribution in [0.5, 0.6) is 0 Å². The van der Waals surface area contributed by atoms with Gasteiger partial charge in [0.25, 0.3) is 0 Å². The van der Waals surface area contributed by atoms with Gasteiger partial charge in [-0.1, -0.05) is 12.1 Å². The summed E-state index contributed by atoms with van der Waals surface area (Å²) in [5.41, 5.74) is 1.69. The SMILES string of the molecule is C[C@@H]1CN(S(=O)(=O)c2ccc3c(c2)C(=O)c2cc(S(=O)(=O)N4C[C@H](C)O[C@@H](C)C4)ccc2-3)C[C@@H](C)O1. The third-order valence-corrected chi connectivity index (χ3v) is 10.5. The number of carbonyl (C=O) groups excluding carboxylic acids is 1. The number of benzene rings is 2. The summed E-state index contributed by atoms with van der Waals surface area (Å²) >= 11 is 0. The number of carbonyl (C=O) groups is 1. The van der Waals surface area contributed by atoms with Crippen molar-refractivity contribution in [1.82, 2.24) is 8.61 Å². The molecule has 0 saturated carbocycles. The quantitative estimate of drug-likeness (QED) is 0.506. The molecular weight excluding hydrogens is 504 g/mol. The van der Waals surface area contributed by atoms with Crippen LogP contribution in [0.2, 0.25) is 0 Å². The minimum absolute atomic E-state index is 0.0350. The average molecular weight is 535 g/mol. The number of hydrogen-bond donors (Lipinski definition) is 0. The van der Waals surface area contributed by atoms with E-state index in [9.17, 15) is 21.6 Å². The van der Waals surface area contributed by atoms with Gasteiger partial charge in [0.05, 0.1) is 34.2 Å². The van der Waals surface area contributed by atoms with Crippen LogP contribution in [0.3, 0.4) is 0 Å². The Morgan fingerprint density at radius 2 is 0.944 bits per heavy atom. The number of nitrogens with zero attached hydrogens (tertiary/aromatic N) is 2. The Morgan fingerprint density at radius 3 is 1.28 bits per heavy atom. The number of fused-ring (bicyclic) bond motifs is 3. The monoisotopic (exact) mass is 534 g/mol. The van der Waals surface area contributed by atoms with Crippen molar-refractivity contribution in [2.45, 2.75) is 61.9 Å². The van der Waals surface area contributed by atoms with Crippen LogP contribution in [0.25, 0.3) is 11.1 Å². The molecule has 2 aromatic rings. The maximum atomic E-state index is 13.4. The lowest BCUT2D eigenvalue weighted by Crippen LogP contribution is -2.48. The minimum Gasteiger partial charge on any atom is -0.373 e. The van der Waals surface area contributed by atoms with Crippen molar-refractivity contribution in [2.75, 3.05) is 26.2 Å². The second-order valence-corrected chi connectivity index (χ2v) is 13.8. The normalized spacial score (nSPS) is 27.6. The molecule has 0 aromatic heterocycles. The Balaban J connectivity index is 1.47. The van der Waals surface area contributed by atoms with E-state index in [0.29, 0.717) is 11.1 Å². The van der Waals surface area contributed by atoms with Crippen LogP contribution in [0.15, 0.2) is 46.2 Å². The van der Waals surface area contributed by atoms with Gasteiger partial charge in [0.15, 0.2) is 5.78 Å². The molecule has 0 N–H and O–H groups in total. The van der Waals surface area contributed by atoms with E-state index in [-0.39, 0.29) is 77.3 Å². The van der Waals surface area contributed by atoms with E-state index in [2.05, 4.69) is 0 Å². The highest BCUT2D eigenvalue weighted by atomic mass is 32.2. The molecule has 2 heterocycles. The zero-order valence-electron chi connectivity index (χ0n) is 20.7. The van der Waals surface area contributed by atoms with Gasteiger partial charge in [-0.15, -0.1) is 0 Å². The van der Waals surface area contributed by atoms with Crippen molar-refractivity contribution in [3.8, 4) is 11.1 Å². The fourth-order valence-electron chi connectivity index (χ4n) is 5.31. The van der Waals surface area contributed by atoms with Gasteiger partial charge in [-0.2, -0.15) is 8.61 Å². The van der Waals surface area contributed by atoms with Crippen LogP contribution in [-0.2, 0) is 29.5 Å². The Morgan fingerprint density at radius 1 is 0.611 bits per heavy atom. The molecule has 11 heteroatoms. The maximum Gasteiger partial charge on any atom is 0.243 e. The van der Waals surface area contributed by atoms with Crippen molar-refractivity contribution in [1.29, 1.82) is 0 Å². The topological polar surface area (TPSA) is 110 Å². The number of ketones is 1. The van der Waals surface area contributed by atoms with Crippen LogP contribution in [0.4, 0.5) is 0 Å². The van der Waals surface area contributed by atoms with Crippen molar-refractivity contribution in [3.05, 3.63) is 47.5 Å². The lowest BCUT2D eigenvalue weighted by Gasteiger charge is -2.34. The predicted molar refractivity (Wildman–Crippen MR) is 133 cm³/mol. The van der Waals surface area contributed by atoms with Crippen LogP contribution < -0.4 is 0 Å². The molecule has 194 valence electrons. The molecule has 2 fully saturated rings.